The predicted octanol–water partition coefficient (Wildman–Crippen LogP) is 2.28. The van der Waals surface area contributed by atoms with Crippen molar-refractivity contribution in [3.8, 4) is 5.75 Å². The molecule has 0 heterocycles. The van der Waals surface area contributed by atoms with E-state index in [9.17, 15) is 9.32 Å². The number of rotatable bonds is 1. The van der Waals surface area contributed by atoms with Crippen LogP contribution in [0, 0.1) is 0 Å². The zero-order valence-corrected chi connectivity index (χ0v) is 8.54. The summed E-state index contributed by atoms with van der Waals surface area (Å²) in [7, 11) is -0.973. The highest BCUT2D eigenvalue weighted by molar-refractivity contribution is 7.84. The Morgan fingerprint density at radius 3 is 2.71 bits per heavy atom. The molecule has 14 heavy (non-hydrogen) atoms. The van der Waals surface area contributed by atoms with E-state index in [1.54, 1.807) is 30.5 Å². The van der Waals surface area contributed by atoms with Crippen LogP contribution in [0.4, 0.5) is 0 Å². The molecular formula is C11H10O2S. The van der Waals surface area contributed by atoms with Crippen LogP contribution in [-0.4, -0.2) is 15.6 Å². The summed E-state index contributed by atoms with van der Waals surface area (Å²) in [5.74, 6) is 0.260. The average molecular weight is 206 g/mol. The molecule has 1 atom stereocenters. The number of benzene rings is 2. The first kappa shape index (κ1) is 9.21. The summed E-state index contributed by atoms with van der Waals surface area (Å²) in [5, 5.41) is 11.2. The first-order chi connectivity index (χ1) is 6.68. The summed E-state index contributed by atoms with van der Waals surface area (Å²) in [5.41, 5.74) is 0. The van der Waals surface area contributed by atoms with E-state index in [0.717, 1.165) is 15.7 Å². The minimum Gasteiger partial charge on any atom is -0.507 e. The third-order valence-corrected chi connectivity index (χ3v) is 3.08. The molecule has 0 aliphatic rings. The molecule has 0 radical (unpaired) electrons. The van der Waals surface area contributed by atoms with E-state index in [4.69, 9.17) is 0 Å². The lowest BCUT2D eigenvalue weighted by Crippen LogP contribution is -1.86. The third kappa shape index (κ3) is 1.51. The van der Waals surface area contributed by atoms with Gasteiger partial charge in [-0.05, 0) is 29.7 Å². The Morgan fingerprint density at radius 1 is 1.21 bits per heavy atom. The summed E-state index contributed by atoms with van der Waals surface area (Å²) in [6, 6.07) is 10.7. The van der Waals surface area contributed by atoms with Gasteiger partial charge in [0, 0.05) is 27.3 Å². The Kier molecular flexibility index (Phi) is 2.25. The fraction of sp³-hybridized carbons (Fsp3) is 0.0909. The highest BCUT2D eigenvalue weighted by atomic mass is 32.2. The molecule has 2 rings (SSSR count). The van der Waals surface area contributed by atoms with Crippen LogP contribution in [-0.2, 0) is 10.8 Å². The molecule has 0 spiro atoms. The summed E-state index contributed by atoms with van der Waals surface area (Å²) in [4.78, 5) is 0.781. The lowest BCUT2D eigenvalue weighted by Gasteiger charge is -2.02. The number of hydrogen-bond acceptors (Lipinski definition) is 2. The lowest BCUT2D eigenvalue weighted by atomic mass is 10.1. The fourth-order valence-corrected chi connectivity index (χ4v) is 1.98. The van der Waals surface area contributed by atoms with Crippen molar-refractivity contribution in [3.05, 3.63) is 36.4 Å². The summed E-state index contributed by atoms with van der Waals surface area (Å²) < 4.78 is 11.2. The second-order valence-electron chi connectivity index (χ2n) is 3.11. The average Bonchev–Trinajstić information content (AvgIpc) is 2.17. The number of phenolic OH excluding ortho intramolecular Hbond substituents is 1. The number of phenols is 1. The summed E-state index contributed by atoms with van der Waals surface area (Å²) >= 11 is 0. The molecule has 2 aromatic carbocycles. The van der Waals surface area contributed by atoms with Crippen LogP contribution in [0.5, 0.6) is 5.75 Å². The maximum Gasteiger partial charge on any atom is 0.123 e. The van der Waals surface area contributed by atoms with Crippen LogP contribution in [0.2, 0.25) is 0 Å². The highest BCUT2D eigenvalue weighted by Gasteiger charge is 2.01. The Balaban J connectivity index is 2.73. The molecular weight excluding hydrogens is 196 g/mol. The van der Waals surface area contributed by atoms with Crippen LogP contribution in [0.25, 0.3) is 10.8 Å². The molecule has 1 unspecified atom stereocenters. The summed E-state index contributed by atoms with van der Waals surface area (Å²) in [6.45, 7) is 0. The molecule has 0 amide bonds. The smallest absolute Gasteiger partial charge is 0.123 e. The zero-order valence-electron chi connectivity index (χ0n) is 7.73. The highest BCUT2D eigenvalue weighted by Crippen LogP contribution is 2.25. The van der Waals surface area contributed by atoms with Gasteiger partial charge in [0.1, 0.15) is 5.75 Å². The Morgan fingerprint density at radius 2 is 2.00 bits per heavy atom. The van der Waals surface area contributed by atoms with Crippen LogP contribution in [0.1, 0.15) is 0 Å². The zero-order chi connectivity index (χ0) is 10.1. The first-order valence-electron chi connectivity index (χ1n) is 4.23. The van der Waals surface area contributed by atoms with E-state index in [-0.39, 0.29) is 5.75 Å². The van der Waals surface area contributed by atoms with Crippen LogP contribution in [0.3, 0.4) is 0 Å². The fourth-order valence-electron chi connectivity index (χ4n) is 1.42. The second-order valence-corrected chi connectivity index (χ2v) is 4.49. The Bertz CT molecular complexity index is 506. The van der Waals surface area contributed by atoms with E-state index in [1.165, 1.54) is 0 Å². The quantitative estimate of drug-likeness (QED) is 0.777. The second kappa shape index (κ2) is 3.42. The van der Waals surface area contributed by atoms with E-state index in [0.29, 0.717) is 0 Å². The van der Waals surface area contributed by atoms with Crippen molar-refractivity contribution in [2.75, 3.05) is 6.26 Å². The molecule has 0 aliphatic carbocycles. The lowest BCUT2D eigenvalue weighted by molar-refractivity contribution is 0.481. The molecule has 0 aromatic heterocycles. The van der Waals surface area contributed by atoms with Gasteiger partial charge >= 0.3 is 0 Å². The third-order valence-electron chi connectivity index (χ3n) is 2.16. The van der Waals surface area contributed by atoms with E-state index in [1.807, 2.05) is 12.1 Å². The minimum absolute atomic E-state index is 0.260. The van der Waals surface area contributed by atoms with Crippen molar-refractivity contribution in [3.63, 3.8) is 0 Å². The van der Waals surface area contributed by atoms with Gasteiger partial charge in [0.25, 0.3) is 0 Å². The molecule has 72 valence electrons. The molecule has 3 heteroatoms. The molecule has 0 aliphatic heterocycles. The van der Waals surface area contributed by atoms with E-state index >= 15 is 0 Å². The van der Waals surface area contributed by atoms with Crippen molar-refractivity contribution < 1.29 is 9.32 Å². The molecule has 0 saturated heterocycles. The molecule has 1 N–H and O–H groups in total. The molecule has 2 nitrogen and oxygen atoms in total. The first-order valence-corrected chi connectivity index (χ1v) is 5.79. The molecule has 0 fully saturated rings. The predicted molar refractivity (Wildman–Crippen MR) is 57.9 cm³/mol. The van der Waals surface area contributed by atoms with Crippen molar-refractivity contribution in [1.82, 2.24) is 0 Å². The van der Waals surface area contributed by atoms with Gasteiger partial charge in [-0.1, -0.05) is 12.1 Å². The topological polar surface area (TPSA) is 37.3 Å². The van der Waals surface area contributed by atoms with Crippen molar-refractivity contribution in [2.24, 2.45) is 0 Å². The normalized spacial score (nSPS) is 12.9. The van der Waals surface area contributed by atoms with Crippen molar-refractivity contribution >= 4 is 21.6 Å². The maximum atomic E-state index is 11.2. The molecule has 2 aromatic rings. The van der Waals surface area contributed by atoms with Gasteiger partial charge < -0.3 is 5.11 Å². The van der Waals surface area contributed by atoms with Gasteiger partial charge in [0.05, 0.1) is 0 Å². The number of fused-ring (bicyclic) bond motifs is 1. The number of aromatic hydroxyl groups is 1. The van der Waals surface area contributed by atoms with Crippen molar-refractivity contribution in [1.29, 1.82) is 0 Å². The SMILES string of the molecule is CS(=O)c1ccc2c(O)cccc2c1. The van der Waals surface area contributed by atoms with Gasteiger partial charge in [0.2, 0.25) is 0 Å². The van der Waals surface area contributed by atoms with Gasteiger partial charge in [-0.3, -0.25) is 4.21 Å². The molecule has 0 bridgehead atoms. The van der Waals surface area contributed by atoms with Gasteiger partial charge in [-0.2, -0.15) is 0 Å². The van der Waals surface area contributed by atoms with E-state index in [2.05, 4.69) is 0 Å². The Hall–Kier alpha value is -1.35. The van der Waals surface area contributed by atoms with E-state index < -0.39 is 10.8 Å². The van der Waals surface area contributed by atoms with Crippen LogP contribution >= 0.6 is 0 Å². The standard InChI is InChI=1S/C11H10O2S/c1-14(13)9-5-6-10-8(7-9)3-2-4-11(10)12/h2-7,12H,1H3. The van der Waals surface area contributed by atoms with Gasteiger partial charge in [-0.25, -0.2) is 0 Å². The van der Waals surface area contributed by atoms with Gasteiger partial charge in [0.15, 0.2) is 0 Å². The van der Waals surface area contributed by atoms with Crippen LogP contribution < -0.4 is 0 Å². The largest absolute Gasteiger partial charge is 0.507 e. The number of hydrogen-bond donors (Lipinski definition) is 1. The summed E-state index contributed by atoms with van der Waals surface area (Å²) in [6.07, 6.45) is 1.64. The monoisotopic (exact) mass is 206 g/mol. The maximum absolute atomic E-state index is 11.2. The van der Waals surface area contributed by atoms with Crippen molar-refractivity contribution in [2.45, 2.75) is 4.90 Å². The molecule has 0 saturated carbocycles. The minimum atomic E-state index is -0.973. The Labute approximate surface area is 84.6 Å². The van der Waals surface area contributed by atoms with Crippen LogP contribution in [0.15, 0.2) is 41.3 Å². The van der Waals surface area contributed by atoms with Gasteiger partial charge in [-0.15, -0.1) is 0 Å².